The first-order valence-corrected chi connectivity index (χ1v) is 12.8. The molecular formula is C36H26. The molecule has 1 aliphatic rings. The summed E-state index contributed by atoms with van der Waals surface area (Å²) in [5.74, 6) is 0. The van der Waals surface area contributed by atoms with Gasteiger partial charge in [0, 0.05) is 0 Å². The van der Waals surface area contributed by atoms with E-state index in [1.165, 1.54) is 66.1 Å². The van der Waals surface area contributed by atoms with E-state index < -0.39 is 0 Å². The molecule has 1 aliphatic carbocycles. The highest BCUT2D eigenvalue weighted by molar-refractivity contribution is 6.21. The molecule has 0 aliphatic heterocycles. The second kappa shape index (κ2) is 8.66. The zero-order valence-corrected chi connectivity index (χ0v) is 20.1. The van der Waals surface area contributed by atoms with Crippen molar-refractivity contribution in [3.05, 3.63) is 139 Å². The highest BCUT2D eigenvalue weighted by Gasteiger charge is 2.17. The third-order valence-electron chi connectivity index (χ3n) is 7.52. The van der Waals surface area contributed by atoms with Gasteiger partial charge < -0.3 is 0 Å². The van der Waals surface area contributed by atoms with Crippen molar-refractivity contribution in [1.82, 2.24) is 0 Å². The summed E-state index contributed by atoms with van der Waals surface area (Å²) in [6, 6.07) is 44.5. The molecule has 6 aromatic rings. The van der Waals surface area contributed by atoms with Gasteiger partial charge in [0.25, 0.3) is 0 Å². The summed E-state index contributed by atoms with van der Waals surface area (Å²) < 4.78 is 0. The number of hydrogen-bond acceptors (Lipinski definition) is 0. The molecule has 0 heteroatoms. The molecule has 0 unspecified atom stereocenters. The SMILES string of the molecule is C1=Cc2ccc(-c3c4ccccc4c(-c4ccc(-c5ccccc5)cc4)c4ccccc34)cc2CC1. The van der Waals surface area contributed by atoms with Crippen molar-refractivity contribution in [3.63, 3.8) is 0 Å². The van der Waals surface area contributed by atoms with Gasteiger partial charge in [-0.05, 0) is 78.9 Å². The second-order valence-electron chi connectivity index (χ2n) is 9.64. The van der Waals surface area contributed by atoms with E-state index in [2.05, 4.69) is 133 Å². The van der Waals surface area contributed by atoms with Crippen LogP contribution in [0.4, 0.5) is 0 Å². The van der Waals surface area contributed by atoms with E-state index in [-0.39, 0.29) is 0 Å². The van der Waals surface area contributed by atoms with Crippen molar-refractivity contribution in [2.24, 2.45) is 0 Å². The highest BCUT2D eigenvalue weighted by atomic mass is 14.2. The van der Waals surface area contributed by atoms with Gasteiger partial charge >= 0.3 is 0 Å². The monoisotopic (exact) mass is 458 g/mol. The fourth-order valence-corrected chi connectivity index (χ4v) is 5.80. The van der Waals surface area contributed by atoms with Crippen LogP contribution in [0.3, 0.4) is 0 Å². The predicted octanol–water partition coefficient (Wildman–Crippen LogP) is 9.95. The maximum atomic E-state index is 2.42. The smallest absolute Gasteiger partial charge is 0.00263 e. The Morgan fingerprint density at radius 3 is 1.56 bits per heavy atom. The summed E-state index contributed by atoms with van der Waals surface area (Å²) in [5.41, 5.74) is 10.5. The quantitative estimate of drug-likeness (QED) is 0.231. The molecule has 0 nitrogen and oxygen atoms in total. The van der Waals surface area contributed by atoms with Gasteiger partial charge in [0.05, 0.1) is 0 Å². The summed E-state index contributed by atoms with van der Waals surface area (Å²) in [4.78, 5) is 0. The Morgan fingerprint density at radius 1 is 0.417 bits per heavy atom. The van der Waals surface area contributed by atoms with E-state index in [9.17, 15) is 0 Å². The lowest BCUT2D eigenvalue weighted by molar-refractivity contribution is 0.986. The van der Waals surface area contributed by atoms with Crippen LogP contribution in [0.5, 0.6) is 0 Å². The van der Waals surface area contributed by atoms with Crippen molar-refractivity contribution >= 4 is 27.6 Å². The molecule has 0 saturated heterocycles. The van der Waals surface area contributed by atoms with Crippen LogP contribution in [0.25, 0.3) is 61.0 Å². The van der Waals surface area contributed by atoms with Gasteiger partial charge in [0.1, 0.15) is 0 Å². The van der Waals surface area contributed by atoms with Crippen LogP contribution in [-0.4, -0.2) is 0 Å². The van der Waals surface area contributed by atoms with Crippen LogP contribution < -0.4 is 0 Å². The van der Waals surface area contributed by atoms with Crippen molar-refractivity contribution in [1.29, 1.82) is 0 Å². The minimum atomic E-state index is 1.11. The molecule has 170 valence electrons. The Balaban J connectivity index is 1.48. The lowest BCUT2D eigenvalue weighted by atomic mass is 9.84. The number of fused-ring (bicyclic) bond motifs is 3. The summed E-state index contributed by atoms with van der Waals surface area (Å²) in [6.45, 7) is 0. The van der Waals surface area contributed by atoms with Crippen molar-refractivity contribution in [2.45, 2.75) is 12.8 Å². The highest BCUT2D eigenvalue weighted by Crippen LogP contribution is 2.44. The van der Waals surface area contributed by atoms with Crippen LogP contribution >= 0.6 is 0 Å². The van der Waals surface area contributed by atoms with Gasteiger partial charge in [-0.3, -0.25) is 0 Å². The number of aryl methyl sites for hydroxylation is 1. The van der Waals surface area contributed by atoms with E-state index in [4.69, 9.17) is 0 Å². The van der Waals surface area contributed by atoms with Crippen molar-refractivity contribution in [3.8, 4) is 33.4 Å². The second-order valence-corrected chi connectivity index (χ2v) is 9.64. The Labute approximate surface area is 212 Å². The van der Waals surface area contributed by atoms with E-state index >= 15 is 0 Å². The molecule has 6 aromatic carbocycles. The molecule has 36 heavy (non-hydrogen) atoms. The molecule has 0 spiro atoms. The van der Waals surface area contributed by atoms with E-state index in [0.717, 1.165) is 12.8 Å². The third-order valence-corrected chi connectivity index (χ3v) is 7.52. The molecule has 0 amide bonds. The summed E-state index contributed by atoms with van der Waals surface area (Å²) in [5, 5.41) is 5.22. The van der Waals surface area contributed by atoms with E-state index in [0.29, 0.717) is 0 Å². The van der Waals surface area contributed by atoms with Crippen LogP contribution in [0.2, 0.25) is 0 Å². The van der Waals surface area contributed by atoms with Crippen LogP contribution in [0.1, 0.15) is 17.5 Å². The molecule has 0 radical (unpaired) electrons. The molecule has 0 N–H and O–H groups in total. The van der Waals surface area contributed by atoms with Crippen LogP contribution in [0.15, 0.2) is 127 Å². The number of rotatable bonds is 3. The minimum absolute atomic E-state index is 1.11. The Kier molecular flexibility index (Phi) is 5.03. The van der Waals surface area contributed by atoms with E-state index in [1.54, 1.807) is 0 Å². The molecule has 0 atom stereocenters. The summed E-state index contributed by atoms with van der Waals surface area (Å²) in [7, 11) is 0. The molecule has 0 heterocycles. The van der Waals surface area contributed by atoms with E-state index in [1.807, 2.05) is 0 Å². The first-order valence-electron chi connectivity index (χ1n) is 12.8. The zero-order valence-electron chi connectivity index (χ0n) is 20.1. The molecular weight excluding hydrogens is 432 g/mol. The summed E-state index contributed by atoms with van der Waals surface area (Å²) >= 11 is 0. The predicted molar refractivity (Wildman–Crippen MR) is 155 cm³/mol. The third kappa shape index (κ3) is 3.46. The summed E-state index contributed by atoms with van der Waals surface area (Å²) in [6.07, 6.45) is 6.78. The maximum absolute atomic E-state index is 2.42. The Bertz CT molecular complexity index is 1700. The first-order chi connectivity index (χ1) is 17.9. The normalized spacial score (nSPS) is 12.7. The molecule has 0 bridgehead atoms. The fourth-order valence-electron chi connectivity index (χ4n) is 5.80. The molecule has 7 rings (SSSR count). The Hall–Kier alpha value is -4.42. The van der Waals surface area contributed by atoms with Gasteiger partial charge in [-0.15, -0.1) is 0 Å². The maximum Gasteiger partial charge on any atom is -0.00263 e. The van der Waals surface area contributed by atoms with Gasteiger partial charge in [0.2, 0.25) is 0 Å². The van der Waals surface area contributed by atoms with Gasteiger partial charge in [-0.1, -0.05) is 133 Å². The standard InChI is InChI=1S/C36H26/c1-2-10-25(11-3-1)27-18-21-28(22-19-27)35-31-14-6-8-16-33(31)36(34-17-9-7-15-32(34)35)30-23-20-26-12-4-5-13-29(26)24-30/h1-4,6-12,14-24H,5,13H2. The topological polar surface area (TPSA) is 0 Å². The number of allylic oxidation sites excluding steroid dienone is 1. The number of benzene rings is 6. The minimum Gasteiger partial charge on any atom is -0.0836 e. The zero-order chi connectivity index (χ0) is 23.9. The van der Waals surface area contributed by atoms with Crippen LogP contribution in [0, 0.1) is 0 Å². The molecule has 0 saturated carbocycles. The lowest BCUT2D eigenvalue weighted by Gasteiger charge is -2.19. The van der Waals surface area contributed by atoms with Gasteiger partial charge in [-0.2, -0.15) is 0 Å². The van der Waals surface area contributed by atoms with Gasteiger partial charge in [-0.25, -0.2) is 0 Å². The van der Waals surface area contributed by atoms with Gasteiger partial charge in [0.15, 0.2) is 0 Å². The average Bonchev–Trinajstić information content (AvgIpc) is 2.96. The van der Waals surface area contributed by atoms with Crippen molar-refractivity contribution in [2.75, 3.05) is 0 Å². The Morgan fingerprint density at radius 2 is 0.917 bits per heavy atom. The molecule has 0 fully saturated rings. The number of hydrogen-bond donors (Lipinski definition) is 0. The molecule has 0 aromatic heterocycles. The van der Waals surface area contributed by atoms with Crippen LogP contribution in [-0.2, 0) is 6.42 Å². The first kappa shape index (κ1) is 20.9. The fraction of sp³-hybridized carbons (Fsp3) is 0.0556. The van der Waals surface area contributed by atoms with Crippen molar-refractivity contribution < 1.29 is 0 Å². The average molecular weight is 459 g/mol. The largest absolute Gasteiger partial charge is 0.0836 e. The lowest BCUT2D eigenvalue weighted by Crippen LogP contribution is -1.96.